The second-order valence-corrected chi connectivity index (χ2v) is 7.61. The van der Waals surface area contributed by atoms with Crippen molar-refractivity contribution >= 4 is 23.1 Å². The number of aromatic nitrogens is 1. The van der Waals surface area contributed by atoms with E-state index in [1.54, 1.807) is 36.4 Å². The predicted octanol–water partition coefficient (Wildman–Crippen LogP) is 2.76. The van der Waals surface area contributed by atoms with E-state index >= 15 is 0 Å². The van der Waals surface area contributed by atoms with Gasteiger partial charge in [0.25, 0.3) is 5.56 Å². The molecular weight excluding hydrogens is 373 g/mol. The molecule has 1 fully saturated rings. The van der Waals surface area contributed by atoms with Crippen molar-refractivity contribution in [3.05, 3.63) is 70.0 Å². The van der Waals surface area contributed by atoms with Gasteiger partial charge in [0, 0.05) is 30.6 Å². The average molecular weight is 397 g/mol. The number of aliphatic hydroxyl groups excluding tert-OH is 2. The van der Waals surface area contributed by atoms with Gasteiger partial charge in [-0.1, -0.05) is 12.6 Å². The van der Waals surface area contributed by atoms with E-state index in [1.807, 2.05) is 6.07 Å². The summed E-state index contributed by atoms with van der Waals surface area (Å²) < 4.78 is 16.2. The van der Waals surface area contributed by atoms with Gasteiger partial charge in [0.15, 0.2) is 0 Å². The zero-order valence-corrected chi connectivity index (χ0v) is 16.2. The summed E-state index contributed by atoms with van der Waals surface area (Å²) in [5.74, 6) is 0.0834. The van der Waals surface area contributed by atoms with Crippen LogP contribution >= 0.6 is 0 Å². The third-order valence-corrected chi connectivity index (χ3v) is 5.46. The van der Waals surface area contributed by atoms with E-state index in [-0.39, 0.29) is 30.2 Å². The van der Waals surface area contributed by atoms with Crippen molar-refractivity contribution in [1.82, 2.24) is 9.47 Å². The van der Waals surface area contributed by atoms with E-state index in [1.165, 1.54) is 10.6 Å². The van der Waals surface area contributed by atoms with Crippen molar-refractivity contribution in [2.45, 2.75) is 24.9 Å². The highest BCUT2D eigenvalue weighted by molar-refractivity contribution is 5.85. The number of pyridine rings is 1. The third kappa shape index (κ3) is 3.71. The van der Waals surface area contributed by atoms with Crippen molar-refractivity contribution in [2.75, 3.05) is 18.5 Å². The third-order valence-electron chi connectivity index (χ3n) is 5.46. The lowest BCUT2D eigenvalue weighted by molar-refractivity contribution is 0.0821. The van der Waals surface area contributed by atoms with Crippen molar-refractivity contribution in [2.24, 2.45) is 7.05 Å². The minimum atomic E-state index is -0.936. The van der Waals surface area contributed by atoms with E-state index in [0.29, 0.717) is 28.6 Å². The van der Waals surface area contributed by atoms with Gasteiger partial charge >= 0.3 is 0 Å². The van der Waals surface area contributed by atoms with E-state index in [2.05, 4.69) is 11.9 Å². The predicted molar refractivity (Wildman–Crippen MR) is 111 cm³/mol. The van der Waals surface area contributed by atoms with Gasteiger partial charge in [-0.15, -0.1) is 0 Å². The van der Waals surface area contributed by atoms with Gasteiger partial charge in [-0.3, -0.25) is 4.79 Å². The summed E-state index contributed by atoms with van der Waals surface area (Å²) in [6.07, 6.45) is 4.70. The maximum atomic E-state index is 14.7. The Morgan fingerprint density at radius 1 is 1.31 bits per heavy atom. The molecular formula is C22H24FN3O3. The average Bonchev–Trinajstić information content (AvgIpc) is 3.54. The SMILES string of the molecule is C=C1c2c(Nc3ccc(C4CC4)cc3F)cc(=O)n(C)c2C=CN1C[C@@H](O)CO. The first-order valence-electron chi connectivity index (χ1n) is 9.62. The monoisotopic (exact) mass is 397 g/mol. The van der Waals surface area contributed by atoms with Crippen LogP contribution < -0.4 is 10.9 Å². The second-order valence-electron chi connectivity index (χ2n) is 7.61. The van der Waals surface area contributed by atoms with Gasteiger partial charge in [0.05, 0.1) is 36.3 Å². The van der Waals surface area contributed by atoms with Crippen molar-refractivity contribution in [3.63, 3.8) is 0 Å². The molecule has 2 heterocycles. The van der Waals surface area contributed by atoms with Gasteiger partial charge in [-0.2, -0.15) is 0 Å². The highest BCUT2D eigenvalue weighted by Crippen LogP contribution is 2.41. The molecule has 2 aliphatic rings. The summed E-state index contributed by atoms with van der Waals surface area (Å²) in [6.45, 7) is 3.88. The van der Waals surface area contributed by atoms with Crippen LogP contribution in [0.15, 0.2) is 41.8 Å². The summed E-state index contributed by atoms with van der Waals surface area (Å²) in [5.41, 5.74) is 3.31. The summed E-state index contributed by atoms with van der Waals surface area (Å²) in [7, 11) is 1.66. The molecule has 0 unspecified atom stereocenters. The van der Waals surface area contributed by atoms with E-state index < -0.39 is 6.10 Å². The molecule has 1 aliphatic heterocycles. The highest BCUT2D eigenvalue weighted by atomic mass is 19.1. The molecule has 2 aromatic rings. The standard InChI is InChI=1S/C22H24FN3O3/c1-13-22-19(24-18-6-5-15(9-17(18)23)14-3-4-14)10-21(29)25(2)20(22)7-8-26(13)11-16(28)12-27/h5-10,14,16,24,27-28H,1,3-4,11-12H2,2H3/t16-/m1/s1. The number of nitrogens with zero attached hydrogens (tertiary/aromatic N) is 2. The molecule has 3 N–H and O–H groups in total. The smallest absolute Gasteiger partial charge is 0.252 e. The van der Waals surface area contributed by atoms with E-state index in [9.17, 15) is 14.3 Å². The molecule has 0 radical (unpaired) electrons. The van der Waals surface area contributed by atoms with Gasteiger partial charge in [-0.05, 0) is 42.5 Å². The molecule has 1 aromatic heterocycles. The Kier molecular flexibility index (Phi) is 5.02. The lowest BCUT2D eigenvalue weighted by Crippen LogP contribution is -2.32. The number of β-amino-alcohol motifs (C(OH)–C–C–N with tert-alkyl or cyclic N) is 1. The van der Waals surface area contributed by atoms with E-state index in [0.717, 1.165) is 18.4 Å². The Bertz CT molecular complexity index is 1060. The van der Waals surface area contributed by atoms with E-state index in [4.69, 9.17) is 5.11 Å². The first kappa shape index (κ1) is 19.4. The Morgan fingerprint density at radius 2 is 2.07 bits per heavy atom. The molecule has 0 saturated heterocycles. The van der Waals surface area contributed by atoms with Crippen LogP contribution in [0.2, 0.25) is 0 Å². The normalized spacial score (nSPS) is 16.7. The Labute approximate surface area is 168 Å². The van der Waals surface area contributed by atoms with Crippen LogP contribution in [0.5, 0.6) is 0 Å². The topological polar surface area (TPSA) is 77.7 Å². The second kappa shape index (κ2) is 7.50. The largest absolute Gasteiger partial charge is 0.394 e. The van der Waals surface area contributed by atoms with Crippen molar-refractivity contribution < 1.29 is 14.6 Å². The zero-order valence-electron chi connectivity index (χ0n) is 16.2. The summed E-state index contributed by atoms with van der Waals surface area (Å²) in [5, 5.41) is 22.0. The molecule has 6 nitrogen and oxygen atoms in total. The molecule has 0 spiro atoms. The van der Waals surface area contributed by atoms with Crippen LogP contribution in [0.25, 0.3) is 11.8 Å². The fourth-order valence-electron chi connectivity index (χ4n) is 3.61. The van der Waals surface area contributed by atoms with Gasteiger partial charge in [0.2, 0.25) is 0 Å². The lowest BCUT2D eigenvalue weighted by Gasteiger charge is -2.31. The summed E-state index contributed by atoms with van der Waals surface area (Å²) in [6, 6.07) is 6.57. The molecule has 152 valence electrons. The molecule has 1 atom stereocenters. The fraction of sp³-hybridized carbons (Fsp3) is 0.318. The molecule has 0 amide bonds. The Morgan fingerprint density at radius 3 is 2.72 bits per heavy atom. The maximum absolute atomic E-state index is 14.7. The highest BCUT2D eigenvalue weighted by Gasteiger charge is 2.26. The Hall–Kier alpha value is -2.90. The number of nitrogens with one attached hydrogen (secondary N) is 1. The molecule has 1 aromatic carbocycles. The molecule has 1 aliphatic carbocycles. The quantitative estimate of drug-likeness (QED) is 0.699. The summed E-state index contributed by atoms with van der Waals surface area (Å²) >= 11 is 0. The van der Waals surface area contributed by atoms with Crippen LogP contribution in [-0.4, -0.2) is 38.9 Å². The van der Waals surface area contributed by atoms with Crippen molar-refractivity contribution in [3.8, 4) is 0 Å². The van der Waals surface area contributed by atoms with Crippen LogP contribution in [0.3, 0.4) is 0 Å². The number of halogens is 1. The zero-order chi connectivity index (χ0) is 20.7. The number of aliphatic hydroxyl groups is 2. The van der Waals surface area contributed by atoms with Crippen molar-refractivity contribution in [1.29, 1.82) is 0 Å². The first-order chi connectivity index (χ1) is 13.9. The minimum absolute atomic E-state index is 0.151. The number of hydrogen-bond donors (Lipinski definition) is 3. The van der Waals surface area contributed by atoms with Gasteiger partial charge in [0.1, 0.15) is 5.82 Å². The summed E-state index contributed by atoms with van der Waals surface area (Å²) in [4.78, 5) is 14.1. The lowest BCUT2D eigenvalue weighted by atomic mass is 10.0. The van der Waals surface area contributed by atoms with Crippen LogP contribution in [0.1, 0.15) is 35.6 Å². The molecule has 7 heteroatoms. The van der Waals surface area contributed by atoms with Crippen LogP contribution in [-0.2, 0) is 7.05 Å². The number of fused-ring (bicyclic) bond motifs is 1. The minimum Gasteiger partial charge on any atom is -0.394 e. The van der Waals surface area contributed by atoms with Crippen LogP contribution in [0.4, 0.5) is 15.8 Å². The van der Waals surface area contributed by atoms with Gasteiger partial charge < -0.3 is 25.0 Å². The number of rotatable bonds is 6. The maximum Gasteiger partial charge on any atom is 0.252 e. The van der Waals surface area contributed by atoms with Crippen LogP contribution in [0, 0.1) is 5.82 Å². The fourth-order valence-corrected chi connectivity index (χ4v) is 3.61. The Balaban J connectivity index is 1.72. The molecule has 1 saturated carbocycles. The number of hydrogen-bond acceptors (Lipinski definition) is 5. The first-order valence-corrected chi connectivity index (χ1v) is 9.62. The number of anilines is 2. The number of benzene rings is 1. The van der Waals surface area contributed by atoms with Gasteiger partial charge in [-0.25, -0.2) is 4.39 Å². The molecule has 29 heavy (non-hydrogen) atoms. The molecule has 4 rings (SSSR count). The molecule has 0 bridgehead atoms.